The molecule has 2 rings (SSSR count). The lowest BCUT2D eigenvalue weighted by Crippen LogP contribution is -2.21. The Bertz CT molecular complexity index is 602. The predicted octanol–water partition coefficient (Wildman–Crippen LogP) is 3.30. The average molecular weight is 243 g/mol. The fourth-order valence-corrected chi connectivity index (χ4v) is 2.13. The van der Waals surface area contributed by atoms with Crippen LogP contribution in [0, 0.1) is 6.92 Å². The van der Waals surface area contributed by atoms with Gasteiger partial charge in [0.2, 0.25) is 0 Å². The zero-order chi connectivity index (χ0) is 13.3. The fourth-order valence-electron chi connectivity index (χ4n) is 2.13. The van der Waals surface area contributed by atoms with E-state index in [9.17, 15) is 4.79 Å². The smallest absolute Gasteiger partial charge is 0.304 e. The lowest BCUT2D eigenvalue weighted by Gasteiger charge is -2.23. The van der Waals surface area contributed by atoms with Crippen molar-refractivity contribution in [1.82, 2.24) is 4.98 Å². The van der Waals surface area contributed by atoms with Gasteiger partial charge in [0.1, 0.15) is 0 Å². The van der Waals surface area contributed by atoms with Gasteiger partial charge >= 0.3 is 5.97 Å². The van der Waals surface area contributed by atoms with E-state index in [-0.39, 0.29) is 11.8 Å². The molecule has 0 bridgehead atoms. The maximum absolute atomic E-state index is 10.9. The largest absolute Gasteiger partial charge is 0.481 e. The Labute approximate surface area is 106 Å². The Hall–Kier alpha value is -1.90. The van der Waals surface area contributed by atoms with Crippen LogP contribution in [0.1, 0.15) is 31.5 Å². The third kappa shape index (κ3) is 2.50. The van der Waals surface area contributed by atoms with Gasteiger partial charge in [0.15, 0.2) is 0 Å². The number of benzene rings is 1. The maximum atomic E-state index is 10.9. The predicted molar refractivity (Wildman–Crippen MR) is 71.8 cm³/mol. The molecular formula is C15H17NO2. The van der Waals surface area contributed by atoms with Gasteiger partial charge in [0.05, 0.1) is 11.9 Å². The van der Waals surface area contributed by atoms with Crippen LogP contribution in [0.25, 0.3) is 10.9 Å². The third-order valence-electron chi connectivity index (χ3n) is 3.20. The number of hydrogen-bond donors (Lipinski definition) is 1. The summed E-state index contributed by atoms with van der Waals surface area (Å²) in [6.45, 7) is 5.86. The van der Waals surface area contributed by atoms with Crippen molar-refractivity contribution < 1.29 is 9.90 Å². The quantitative estimate of drug-likeness (QED) is 0.899. The van der Waals surface area contributed by atoms with Crippen LogP contribution in [-0.4, -0.2) is 16.1 Å². The minimum atomic E-state index is -0.776. The van der Waals surface area contributed by atoms with E-state index >= 15 is 0 Å². The molecule has 0 radical (unpaired) electrons. The van der Waals surface area contributed by atoms with Crippen molar-refractivity contribution in [3.05, 3.63) is 41.6 Å². The van der Waals surface area contributed by atoms with E-state index in [1.54, 1.807) is 0 Å². The van der Waals surface area contributed by atoms with Crippen LogP contribution >= 0.6 is 0 Å². The molecule has 0 amide bonds. The number of carboxylic acid groups (broad SMARTS) is 1. The number of aryl methyl sites for hydroxylation is 1. The number of aromatic nitrogens is 1. The van der Waals surface area contributed by atoms with Crippen molar-refractivity contribution in [2.24, 2.45) is 0 Å². The number of nitrogens with zero attached hydrogens (tertiary/aromatic N) is 1. The van der Waals surface area contributed by atoms with Crippen LogP contribution in [0.4, 0.5) is 0 Å². The van der Waals surface area contributed by atoms with Gasteiger partial charge in [-0.05, 0) is 30.7 Å². The number of rotatable bonds is 3. The topological polar surface area (TPSA) is 50.2 Å². The molecule has 0 aliphatic carbocycles. The average Bonchev–Trinajstić information content (AvgIpc) is 2.26. The van der Waals surface area contributed by atoms with E-state index in [4.69, 9.17) is 5.11 Å². The molecule has 3 heteroatoms. The van der Waals surface area contributed by atoms with Crippen LogP contribution in [0.15, 0.2) is 30.3 Å². The molecule has 0 saturated heterocycles. The molecule has 1 aromatic carbocycles. The first-order valence-corrected chi connectivity index (χ1v) is 5.98. The standard InChI is InChI=1S/C15H17NO2/c1-10-4-5-11-8-12(6-7-13(11)16-10)15(2,3)9-14(17)18/h4-8H,9H2,1-3H3,(H,17,18). The van der Waals surface area contributed by atoms with E-state index in [1.165, 1.54) is 0 Å². The second kappa shape index (κ2) is 4.41. The summed E-state index contributed by atoms with van der Waals surface area (Å²) in [6.07, 6.45) is 0.123. The molecule has 1 heterocycles. The molecule has 3 nitrogen and oxygen atoms in total. The molecule has 0 unspecified atom stereocenters. The van der Waals surface area contributed by atoms with Crippen molar-refractivity contribution >= 4 is 16.9 Å². The van der Waals surface area contributed by atoms with Gasteiger partial charge in [-0.15, -0.1) is 0 Å². The van der Waals surface area contributed by atoms with Crippen LogP contribution in [0.3, 0.4) is 0 Å². The fraction of sp³-hybridized carbons (Fsp3) is 0.333. The van der Waals surface area contributed by atoms with E-state index in [2.05, 4.69) is 4.98 Å². The summed E-state index contributed by atoms with van der Waals surface area (Å²) in [4.78, 5) is 15.3. The van der Waals surface area contributed by atoms with Gasteiger partial charge in [-0.25, -0.2) is 0 Å². The molecule has 18 heavy (non-hydrogen) atoms. The highest BCUT2D eigenvalue weighted by Gasteiger charge is 2.24. The van der Waals surface area contributed by atoms with E-state index < -0.39 is 5.97 Å². The van der Waals surface area contributed by atoms with Gasteiger partial charge < -0.3 is 5.11 Å². The Morgan fingerprint density at radius 2 is 2.00 bits per heavy atom. The first-order valence-electron chi connectivity index (χ1n) is 5.98. The Kier molecular flexibility index (Phi) is 3.07. The zero-order valence-electron chi connectivity index (χ0n) is 10.9. The van der Waals surface area contributed by atoms with E-state index in [0.29, 0.717) is 0 Å². The zero-order valence-corrected chi connectivity index (χ0v) is 10.9. The number of fused-ring (bicyclic) bond motifs is 1. The lowest BCUT2D eigenvalue weighted by molar-refractivity contribution is -0.138. The van der Waals surface area contributed by atoms with Crippen LogP contribution in [-0.2, 0) is 10.2 Å². The van der Waals surface area contributed by atoms with Crippen LogP contribution in [0.2, 0.25) is 0 Å². The highest BCUT2D eigenvalue weighted by molar-refractivity contribution is 5.80. The van der Waals surface area contributed by atoms with Crippen LogP contribution < -0.4 is 0 Å². The monoisotopic (exact) mass is 243 g/mol. The molecule has 0 saturated carbocycles. The Morgan fingerprint density at radius 1 is 1.28 bits per heavy atom. The van der Waals surface area contributed by atoms with Crippen molar-refractivity contribution in [2.45, 2.75) is 32.6 Å². The molecule has 94 valence electrons. The van der Waals surface area contributed by atoms with Crippen LogP contribution in [0.5, 0.6) is 0 Å². The normalized spacial score (nSPS) is 11.7. The summed E-state index contributed by atoms with van der Waals surface area (Å²) in [5.74, 6) is -0.776. The number of carboxylic acids is 1. The third-order valence-corrected chi connectivity index (χ3v) is 3.20. The number of carbonyl (C=O) groups is 1. The summed E-state index contributed by atoms with van der Waals surface area (Å²) in [5.41, 5.74) is 2.60. The van der Waals surface area contributed by atoms with E-state index in [1.807, 2.05) is 51.1 Å². The van der Waals surface area contributed by atoms with E-state index in [0.717, 1.165) is 22.2 Å². The number of hydrogen-bond acceptors (Lipinski definition) is 2. The second-order valence-corrected chi connectivity index (χ2v) is 5.31. The molecular weight excluding hydrogens is 226 g/mol. The minimum absolute atomic E-state index is 0.123. The first kappa shape index (κ1) is 12.6. The van der Waals surface area contributed by atoms with Gasteiger partial charge in [-0.2, -0.15) is 0 Å². The van der Waals surface area contributed by atoms with Crippen molar-refractivity contribution in [3.63, 3.8) is 0 Å². The molecule has 0 spiro atoms. The highest BCUT2D eigenvalue weighted by Crippen LogP contribution is 2.29. The maximum Gasteiger partial charge on any atom is 0.304 e. The second-order valence-electron chi connectivity index (χ2n) is 5.31. The minimum Gasteiger partial charge on any atom is -0.481 e. The van der Waals surface area contributed by atoms with Gasteiger partial charge in [0, 0.05) is 16.5 Å². The lowest BCUT2D eigenvalue weighted by atomic mass is 9.81. The molecule has 1 aromatic heterocycles. The summed E-state index contributed by atoms with van der Waals surface area (Å²) >= 11 is 0. The summed E-state index contributed by atoms with van der Waals surface area (Å²) in [6, 6.07) is 9.96. The SMILES string of the molecule is Cc1ccc2cc(C(C)(C)CC(=O)O)ccc2n1. The first-order chi connectivity index (χ1) is 8.38. The summed E-state index contributed by atoms with van der Waals surface area (Å²) < 4.78 is 0. The van der Waals surface area contributed by atoms with Crippen molar-refractivity contribution in [2.75, 3.05) is 0 Å². The van der Waals surface area contributed by atoms with Gasteiger partial charge in [-0.3, -0.25) is 9.78 Å². The molecule has 0 atom stereocenters. The number of aliphatic carboxylic acids is 1. The Balaban J connectivity index is 2.47. The highest BCUT2D eigenvalue weighted by atomic mass is 16.4. The number of pyridine rings is 1. The molecule has 0 fully saturated rings. The molecule has 1 N–H and O–H groups in total. The molecule has 0 aliphatic heterocycles. The van der Waals surface area contributed by atoms with Crippen molar-refractivity contribution in [3.8, 4) is 0 Å². The summed E-state index contributed by atoms with van der Waals surface area (Å²) in [7, 11) is 0. The van der Waals surface area contributed by atoms with Gasteiger partial charge in [0.25, 0.3) is 0 Å². The van der Waals surface area contributed by atoms with Gasteiger partial charge in [-0.1, -0.05) is 26.0 Å². The van der Waals surface area contributed by atoms with Crippen molar-refractivity contribution in [1.29, 1.82) is 0 Å². The molecule has 2 aromatic rings. The Morgan fingerprint density at radius 3 is 2.67 bits per heavy atom. The summed E-state index contributed by atoms with van der Waals surface area (Å²) in [5, 5.41) is 10.0. The molecule has 0 aliphatic rings.